The third-order valence-corrected chi connectivity index (χ3v) is 3.13. The summed E-state index contributed by atoms with van der Waals surface area (Å²) < 4.78 is 10.3. The summed E-state index contributed by atoms with van der Waals surface area (Å²) >= 11 is 0. The number of rotatable bonds is 7. The minimum atomic E-state index is -0.0820. The molecule has 3 nitrogen and oxygen atoms in total. The van der Waals surface area contributed by atoms with Gasteiger partial charge in [0.15, 0.2) is 6.29 Å². The molecule has 0 radical (unpaired) electrons. The Morgan fingerprint density at radius 1 is 1.29 bits per heavy atom. The minimum absolute atomic E-state index is 0.0820. The maximum Gasteiger partial charge on any atom is 0.169 e. The number of nitrogens with zero attached hydrogens (tertiary/aromatic N) is 1. The zero-order chi connectivity index (χ0) is 10.4. The van der Waals surface area contributed by atoms with Crippen molar-refractivity contribution < 1.29 is 9.47 Å². The van der Waals surface area contributed by atoms with Gasteiger partial charge in [0.25, 0.3) is 0 Å². The predicted molar refractivity (Wildman–Crippen MR) is 57.3 cm³/mol. The second-order valence-corrected chi connectivity index (χ2v) is 4.25. The molecule has 0 spiro atoms. The third kappa shape index (κ3) is 3.95. The molecule has 1 rings (SSSR count). The van der Waals surface area contributed by atoms with E-state index in [1.54, 1.807) is 14.2 Å². The summed E-state index contributed by atoms with van der Waals surface area (Å²) in [6, 6.07) is 0. The fourth-order valence-corrected chi connectivity index (χ4v) is 1.78. The fourth-order valence-electron chi connectivity index (χ4n) is 1.78. The lowest BCUT2D eigenvalue weighted by molar-refractivity contribution is -0.114. The summed E-state index contributed by atoms with van der Waals surface area (Å²) in [5.74, 6) is 0.987. The molecule has 1 fully saturated rings. The van der Waals surface area contributed by atoms with E-state index in [1.807, 2.05) is 0 Å². The molecule has 0 aromatic rings. The van der Waals surface area contributed by atoms with Crippen LogP contribution in [-0.2, 0) is 9.47 Å². The first-order chi connectivity index (χ1) is 6.76. The van der Waals surface area contributed by atoms with Crippen molar-refractivity contribution in [3.05, 3.63) is 0 Å². The van der Waals surface area contributed by atoms with E-state index >= 15 is 0 Å². The molecule has 14 heavy (non-hydrogen) atoms. The smallest absolute Gasteiger partial charge is 0.169 e. The Morgan fingerprint density at radius 2 is 1.93 bits per heavy atom. The summed E-state index contributed by atoms with van der Waals surface area (Å²) in [6.45, 7) is 2.02. The van der Waals surface area contributed by atoms with Gasteiger partial charge in [0.05, 0.1) is 0 Å². The summed E-state index contributed by atoms with van der Waals surface area (Å²) in [5.41, 5.74) is 0. The molecular formula is C11H23NO2. The Kier molecular flexibility index (Phi) is 5.45. The molecule has 0 N–H and O–H groups in total. The van der Waals surface area contributed by atoms with E-state index in [1.165, 1.54) is 25.7 Å². The Labute approximate surface area is 87.4 Å². The van der Waals surface area contributed by atoms with E-state index in [-0.39, 0.29) is 6.29 Å². The van der Waals surface area contributed by atoms with Crippen LogP contribution in [-0.4, -0.2) is 45.5 Å². The van der Waals surface area contributed by atoms with Crippen LogP contribution in [0.15, 0.2) is 0 Å². The highest BCUT2D eigenvalue weighted by Crippen LogP contribution is 2.29. The number of likely N-dealkylation sites (N-methyl/N-ethyl adjacent to an activating group) is 1. The molecule has 0 amide bonds. The zero-order valence-electron chi connectivity index (χ0n) is 9.66. The average molecular weight is 201 g/mol. The molecule has 0 atom stereocenters. The van der Waals surface area contributed by atoms with E-state index in [4.69, 9.17) is 9.47 Å². The molecule has 0 saturated heterocycles. The predicted octanol–water partition coefficient (Wildman–Crippen LogP) is 1.73. The molecule has 1 saturated carbocycles. The van der Waals surface area contributed by atoms with Gasteiger partial charge in [-0.2, -0.15) is 0 Å². The van der Waals surface area contributed by atoms with E-state index in [2.05, 4.69) is 11.9 Å². The van der Waals surface area contributed by atoms with Crippen LogP contribution in [0.25, 0.3) is 0 Å². The minimum Gasteiger partial charge on any atom is -0.355 e. The third-order valence-electron chi connectivity index (χ3n) is 3.13. The highest BCUT2D eigenvalue weighted by molar-refractivity contribution is 4.70. The van der Waals surface area contributed by atoms with E-state index < -0.39 is 0 Å². The van der Waals surface area contributed by atoms with Crippen LogP contribution in [0.3, 0.4) is 0 Å². The summed E-state index contributed by atoms with van der Waals surface area (Å²) in [4.78, 5) is 2.29. The van der Waals surface area contributed by atoms with Crippen molar-refractivity contribution in [2.75, 3.05) is 34.4 Å². The number of hydrogen-bond acceptors (Lipinski definition) is 3. The van der Waals surface area contributed by atoms with Crippen LogP contribution < -0.4 is 0 Å². The van der Waals surface area contributed by atoms with Crippen molar-refractivity contribution in [2.24, 2.45) is 5.92 Å². The lowest BCUT2D eigenvalue weighted by Crippen LogP contribution is -2.33. The monoisotopic (exact) mass is 201 g/mol. The Bertz CT molecular complexity index is 144. The highest BCUT2D eigenvalue weighted by atomic mass is 16.7. The quantitative estimate of drug-likeness (QED) is 0.585. The number of hydrogen-bond donors (Lipinski definition) is 0. The van der Waals surface area contributed by atoms with Crippen molar-refractivity contribution in [2.45, 2.75) is 32.0 Å². The first-order valence-corrected chi connectivity index (χ1v) is 5.50. The van der Waals surface area contributed by atoms with Gasteiger partial charge in [-0.1, -0.05) is 19.3 Å². The summed E-state index contributed by atoms with van der Waals surface area (Å²) in [6.07, 6.45) is 5.56. The molecule has 1 aliphatic carbocycles. The Hall–Kier alpha value is -0.120. The maximum atomic E-state index is 5.15. The zero-order valence-corrected chi connectivity index (χ0v) is 9.66. The standard InChI is InChI=1S/C11H23NO2/c1-12(9-11(13-2)14-3)8-7-10-5-4-6-10/h10-11H,4-9H2,1-3H3. The molecule has 0 bridgehead atoms. The molecule has 0 heterocycles. The van der Waals surface area contributed by atoms with Crippen LogP contribution in [0.1, 0.15) is 25.7 Å². The van der Waals surface area contributed by atoms with Gasteiger partial charge in [0.1, 0.15) is 0 Å². The van der Waals surface area contributed by atoms with Crippen molar-refractivity contribution in [1.29, 1.82) is 0 Å². The highest BCUT2D eigenvalue weighted by Gasteiger charge is 2.18. The van der Waals surface area contributed by atoms with Crippen molar-refractivity contribution >= 4 is 0 Å². The van der Waals surface area contributed by atoms with Crippen LogP contribution in [0.2, 0.25) is 0 Å². The maximum absolute atomic E-state index is 5.15. The normalized spacial score (nSPS) is 17.8. The van der Waals surface area contributed by atoms with Crippen molar-refractivity contribution in [3.8, 4) is 0 Å². The van der Waals surface area contributed by atoms with Gasteiger partial charge >= 0.3 is 0 Å². The first-order valence-electron chi connectivity index (χ1n) is 5.50. The average Bonchev–Trinajstić information content (AvgIpc) is 2.11. The molecular weight excluding hydrogens is 178 g/mol. The van der Waals surface area contributed by atoms with Crippen LogP contribution in [0.4, 0.5) is 0 Å². The van der Waals surface area contributed by atoms with Crippen molar-refractivity contribution in [3.63, 3.8) is 0 Å². The van der Waals surface area contributed by atoms with Crippen molar-refractivity contribution in [1.82, 2.24) is 4.90 Å². The van der Waals surface area contributed by atoms with Gasteiger partial charge in [0.2, 0.25) is 0 Å². The molecule has 0 aromatic heterocycles. The Balaban J connectivity index is 2.04. The molecule has 0 aliphatic heterocycles. The van der Waals surface area contributed by atoms with Gasteiger partial charge in [-0.3, -0.25) is 0 Å². The fraction of sp³-hybridized carbons (Fsp3) is 1.00. The van der Waals surface area contributed by atoms with Crippen LogP contribution in [0.5, 0.6) is 0 Å². The van der Waals surface area contributed by atoms with Gasteiger partial charge in [-0.25, -0.2) is 0 Å². The van der Waals surface area contributed by atoms with Crippen LogP contribution >= 0.6 is 0 Å². The van der Waals surface area contributed by atoms with Gasteiger partial charge in [-0.15, -0.1) is 0 Å². The number of methoxy groups -OCH3 is 2. The second kappa shape index (κ2) is 6.38. The lowest BCUT2D eigenvalue weighted by Gasteiger charge is -2.28. The second-order valence-electron chi connectivity index (χ2n) is 4.25. The van der Waals surface area contributed by atoms with Gasteiger partial charge in [-0.05, 0) is 25.9 Å². The van der Waals surface area contributed by atoms with Gasteiger partial charge < -0.3 is 14.4 Å². The molecule has 1 aliphatic rings. The SMILES string of the molecule is COC(CN(C)CCC1CCC1)OC. The lowest BCUT2D eigenvalue weighted by atomic mass is 9.83. The summed E-state index contributed by atoms with van der Waals surface area (Å²) in [7, 11) is 5.51. The number of ether oxygens (including phenoxy) is 2. The topological polar surface area (TPSA) is 21.7 Å². The molecule has 0 aromatic carbocycles. The first kappa shape index (κ1) is 12.0. The molecule has 84 valence electrons. The van der Waals surface area contributed by atoms with E-state index in [9.17, 15) is 0 Å². The summed E-state index contributed by atoms with van der Waals surface area (Å²) in [5, 5.41) is 0. The van der Waals surface area contributed by atoms with Crippen LogP contribution in [0, 0.1) is 5.92 Å². The van der Waals surface area contributed by atoms with Gasteiger partial charge in [0, 0.05) is 20.8 Å². The van der Waals surface area contributed by atoms with E-state index in [0.717, 1.165) is 19.0 Å². The molecule has 3 heteroatoms. The van der Waals surface area contributed by atoms with E-state index in [0.29, 0.717) is 0 Å². The largest absolute Gasteiger partial charge is 0.355 e. The molecule has 0 unspecified atom stereocenters. The Morgan fingerprint density at radius 3 is 2.36 bits per heavy atom.